The molecule has 31 heavy (non-hydrogen) atoms. The largest absolute Gasteiger partial charge is 0.494 e. The smallest absolute Gasteiger partial charge is 0.230 e. The minimum atomic E-state index is -0.106. The number of aromatic nitrogens is 4. The predicted molar refractivity (Wildman–Crippen MR) is 120 cm³/mol. The molecular weight excluding hydrogens is 414 g/mol. The molecule has 0 radical (unpaired) electrons. The van der Waals surface area contributed by atoms with Gasteiger partial charge < -0.3 is 14.8 Å². The first-order chi connectivity index (χ1) is 15.1. The number of nitrogens with zero attached hydrogens (tertiary/aromatic N) is 4. The Labute approximate surface area is 186 Å². The number of nitrogens with one attached hydrogen (secondary N) is 1. The van der Waals surface area contributed by atoms with E-state index >= 15 is 0 Å². The fourth-order valence-electron chi connectivity index (χ4n) is 2.77. The highest BCUT2D eigenvalue weighted by atomic mass is 32.2. The summed E-state index contributed by atoms with van der Waals surface area (Å²) in [6.45, 7) is 7.65. The molecule has 1 amide bonds. The van der Waals surface area contributed by atoms with Crippen LogP contribution in [0.2, 0.25) is 0 Å². The van der Waals surface area contributed by atoms with Gasteiger partial charge in [0.1, 0.15) is 18.1 Å². The van der Waals surface area contributed by atoms with Crippen LogP contribution in [0.5, 0.6) is 11.5 Å². The van der Waals surface area contributed by atoms with Crippen LogP contribution >= 0.6 is 11.8 Å². The van der Waals surface area contributed by atoms with Crippen LogP contribution in [0.3, 0.4) is 0 Å². The maximum Gasteiger partial charge on any atom is 0.230 e. The van der Waals surface area contributed by atoms with Gasteiger partial charge in [0.2, 0.25) is 11.1 Å². The van der Waals surface area contributed by atoms with Crippen LogP contribution < -0.4 is 14.8 Å². The molecule has 3 aromatic rings. The van der Waals surface area contributed by atoms with E-state index in [4.69, 9.17) is 9.47 Å². The van der Waals surface area contributed by atoms with Gasteiger partial charge in [0.05, 0.1) is 24.6 Å². The lowest BCUT2D eigenvalue weighted by atomic mass is 10.0. The summed E-state index contributed by atoms with van der Waals surface area (Å²) in [5.74, 6) is 2.10. The van der Waals surface area contributed by atoms with Gasteiger partial charge in [0.25, 0.3) is 0 Å². The number of hydrogen-bond acceptors (Lipinski definition) is 7. The van der Waals surface area contributed by atoms with E-state index in [1.165, 1.54) is 17.3 Å². The van der Waals surface area contributed by atoms with Crippen LogP contribution in [0.1, 0.15) is 32.3 Å². The highest BCUT2D eigenvalue weighted by Gasteiger charge is 2.12. The molecule has 0 saturated heterocycles. The van der Waals surface area contributed by atoms with Crippen molar-refractivity contribution in [1.29, 1.82) is 0 Å². The van der Waals surface area contributed by atoms with Crippen molar-refractivity contribution in [3.05, 3.63) is 54.1 Å². The first-order valence-corrected chi connectivity index (χ1v) is 11.2. The number of thioether (sulfide) groups is 1. The van der Waals surface area contributed by atoms with Crippen molar-refractivity contribution < 1.29 is 14.3 Å². The van der Waals surface area contributed by atoms with Crippen molar-refractivity contribution in [3.63, 3.8) is 0 Å². The highest BCUT2D eigenvalue weighted by Crippen LogP contribution is 2.21. The molecule has 0 bridgehead atoms. The Morgan fingerprint density at radius 3 is 2.39 bits per heavy atom. The van der Waals surface area contributed by atoms with Gasteiger partial charge in [-0.3, -0.25) is 4.79 Å². The molecule has 0 spiro atoms. The molecule has 1 heterocycles. The third kappa shape index (κ3) is 6.71. The Balaban J connectivity index is 1.41. The highest BCUT2D eigenvalue weighted by molar-refractivity contribution is 7.99. The summed E-state index contributed by atoms with van der Waals surface area (Å²) in [5, 5.41) is 15.2. The summed E-state index contributed by atoms with van der Waals surface area (Å²) >= 11 is 1.29. The number of benzene rings is 2. The average Bonchev–Trinajstić information content (AvgIpc) is 3.25. The minimum Gasteiger partial charge on any atom is -0.494 e. The maximum atomic E-state index is 12.2. The number of carbonyl (C=O) groups excluding carboxylic acids is 1. The fraction of sp³-hybridized carbons (Fsp3) is 0.364. The number of ether oxygens (including phenoxy) is 2. The van der Waals surface area contributed by atoms with Gasteiger partial charge in [0.15, 0.2) is 0 Å². The molecular formula is C22H27N5O3S. The van der Waals surface area contributed by atoms with Gasteiger partial charge >= 0.3 is 0 Å². The maximum absolute atomic E-state index is 12.2. The average molecular weight is 442 g/mol. The molecule has 1 aromatic heterocycles. The number of rotatable bonds is 11. The number of carbonyl (C=O) groups is 1. The van der Waals surface area contributed by atoms with Crippen molar-refractivity contribution in [2.45, 2.75) is 31.8 Å². The molecule has 164 valence electrons. The van der Waals surface area contributed by atoms with Gasteiger partial charge in [-0.05, 0) is 65.2 Å². The lowest BCUT2D eigenvalue weighted by Crippen LogP contribution is -2.29. The summed E-state index contributed by atoms with van der Waals surface area (Å²) < 4.78 is 12.7. The van der Waals surface area contributed by atoms with Crippen LogP contribution in [0.4, 0.5) is 0 Å². The molecule has 0 aliphatic rings. The third-order valence-corrected chi connectivity index (χ3v) is 5.32. The normalized spacial score (nSPS) is 10.8. The van der Waals surface area contributed by atoms with Crippen molar-refractivity contribution in [2.24, 2.45) is 0 Å². The SMILES string of the molecule is CCOc1ccc(OCCNC(=O)CSc2nnnn2-c2ccc(C(C)C)cc2)cc1. The monoisotopic (exact) mass is 441 g/mol. The predicted octanol–water partition coefficient (Wildman–Crippen LogP) is 3.47. The van der Waals surface area contributed by atoms with Crippen LogP contribution in [-0.2, 0) is 4.79 Å². The van der Waals surface area contributed by atoms with Crippen LogP contribution in [-0.4, -0.2) is 51.6 Å². The van der Waals surface area contributed by atoms with E-state index in [0.29, 0.717) is 30.8 Å². The number of tetrazole rings is 1. The standard InChI is InChI=1S/C22H27N5O3S/c1-4-29-19-9-11-20(12-10-19)30-14-13-23-21(28)15-31-22-24-25-26-27(22)18-7-5-17(6-8-18)16(2)3/h5-12,16H,4,13-15H2,1-3H3,(H,23,28). The van der Waals surface area contributed by atoms with E-state index in [2.05, 4.69) is 46.8 Å². The van der Waals surface area contributed by atoms with Gasteiger partial charge in [-0.15, -0.1) is 5.10 Å². The Morgan fingerprint density at radius 1 is 1.06 bits per heavy atom. The molecule has 3 rings (SSSR count). The zero-order chi connectivity index (χ0) is 22.1. The van der Waals surface area contributed by atoms with Crippen molar-refractivity contribution in [1.82, 2.24) is 25.5 Å². The fourth-order valence-corrected chi connectivity index (χ4v) is 3.49. The van der Waals surface area contributed by atoms with Crippen LogP contribution in [0, 0.1) is 0 Å². The molecule has 0 atom stereocenters. The first-order valence-electron chi connectivity index (χ1n) is 10.2. The Kier molecular flexibility index (Phi) is 8.28. The summed E-state index contributed by atoms with van der Waals surface area (Å²) in [7, 11) is 0. The van der Waals surface area contributed by atoms with Gasteiger partial charge in [-0.2, -0.15) is 4.68 Å². The lowest BCUT2D eigenvalue weighted by Gasteiger charge is -2.09. The van der Waals surface area contributed by atoms with E-state index < -0.39 is 0 Å². The first kappa shape index (κ1) is 22.6. The van der Waals surface area contributed by atoms with Crippen molar-refractivity contribution >= 4 is 17.7 Å². The summed E-state index contributed by atoms with van der Waals surface area (Å²) in [6.07, 6.45) is 0. The topological polar surface area (TPSA) is 91.2 Å². The summed E-state index contributed by atoms with van der Waals surface area (Å²) in [4.78, 5) is 12.2. The lowest BCUT2D eigenvalue weighted by molar-refractivity contribution is -0.118. The summed E-state index contributed by atoms with van der Waals surface area (Å²) in [6, 6.07) is 15.5. The number of hydrogen-bond donors (Lipinski definition) is 1. The Morgan fingerprint density at radius 2 is 1.74 bits per heavy atom. The molecule has 9 heteroatoms. The molecule has 1 N–H and O–H groups in total. The minimum absolute atomic E-state index is 0.106. The second-order valence-corrected chi connectivity index (χ2v) is 7.95. The molecule has 2 aromatic carbocycles. The van der Waals surface area contributed by atoms with Gasteiger partial charge in [-0.25, -0.2) is 0 Å². The zero-order valence-electron chi connectivity index (χ0n) is 17.9. The van der Waals surface area contributed by atoms with Gasteiger partial charge in [0, 0.05) is 0 Å². The molecule has 0 fully saturated rings. The van der Waals surface area contributed by atoms with E-state index in [-0.39, 0.29) is 11.7 Å². The Hall–Kier alpha value is -3.07. The zero-order valence-corrected chi connectivity index (χ0v) is 18.8. The molecule has 0 aliphatic heterocycles. The second kappa shape index (κ2) is 11.4. The van der Waals surface area contributed by atoms with Crippen molar-refractivity contribution in [2.75, 3.05) is 25.5 Å². The van der Waals surface area contributed by atoms with E-state index in [1.807, 2.05) is 43.3 Å². The molecule has 0 unspecified atom stereocenters. The second-order valence-electron chi connectivity index (χ2n) is 7.01. The third-order valence-electron chi connectivity index (χ3n) is 4.41. The van der Waals surface area contributed by atoms with E-state index in [1.54, 1.807) is 4.68 Å². The quantitative estimate of drug-likeness (QED) is 0.360. The van der Waals surface area contributed by atoms with Crippen LogP contribution in [0.15, 0.2) is 53.7 Å². The van der Waals surface area contributed by atoms with E-state index in [0.717, 1.165) is 17.2 Å². The van der Waals surface area contributed by atoms with E-state index in [9.17, 15) is 4.79 Å². The summed E-state index contributed by atoms with van der Waals surface area (Å²) in [5.41, 5.74) is 2.11. The molecule has 0 aliphatic carbocycles. The van der Waals surface area contributed by atoms with Crippen molar-refractivity contribution in [3.8, 4) is 17.2 Å². The molecule has 0 saturated carbocycles. The van der Waals surface area contributed by atoms with Crippen LogP contribution in [0.25, 0.3) is 5.69 Å². The number of amides is 1. The molecule has 8 nitrogen and oxygen atoms in total. The Bertz CT molecular complexity index is 958. The van der Waals surface area contributed by atoms with Gasteiger partial charge in [-0.1, -0.05) is 37.7 Å².